The Morgan fingerprint density at radius 1 is 0.188 bits per heavy atom. The zero-order valence-corrected chi connectivity index (χ0v) is 26.4. The summed E-state index contributed by atoms with van der Waals surface area (Å²) >= 11 is 0. The van der Waals surface area contributed by atoms with Gasteiger partial charge in [-0.1, -0.05) is 158 Å². The monoisotopic (exact) mass is 612 g/mol. The van der Waals surface area contributed by atoms with E-state index < -0.39 is 0 Å². The minimum atomic E-state index is 0.959. The molecule has 0 fully saturated rings. The van der Waals surface area contributed by atoms with Crippen molar-refractivity contribution >= 4 is 0 Å². The van der Waals surface area contributed by atoms with Crippen molar-refractivity contribution in [2.24, 2.45) is 0 Å². The fraction of sp³-hybridized carbons (Fsp3) is 0. The summed E-state index contributed by atoms with van der Waals surface area (Å²) in [6.07, 6.45) is 0. The summed E-state index contributed by atoms with van der Waals surface area (Å²) in [5, 5.41) is 0. The summed E-state index contributed by atoms with van der Waals surface area (Å²) in [7, 11) is 0. The molecule has 226 valence electrons. The molecule has 2 aromatic heterocycles. The van der Waals surface area contributed by atoms with Gasteiger partial charge < -0.3 is 0 Å². The van der Waals surface area contributed by atoms with Crippen LogP contribution in [0.3, 0.4) is 0 Å². The smallest absolute Gasteiger partial charge is 0.0715 e. The van der Waals surface area contributed by atoms with Crippen LogP contribution >= 0.6 is 0 Å². The Hall–Kier alpha value is -6.38. The normalized spacial score (nSPS) is 10.9. The predicted molar refractivity (Wildman–Crippen MR) is 200 cm³/mol. The fourth-order valence-electron chi connectivity index (χ4n) is 6.18. The zero-order valence-electron chi connectivity index (χ0n) is 26.4. The van der Waals surface area contributed by atoms with E-state index in [0.717, 1.165) is 78.4 Å². The third-order valence-electron chi connectivity index (χ3n) is 8.65. The summed E-state index contributed by atoms with van der Waals surface area (Å²) in [6, 6.07) is 68.1. The second-order valence-corrected chi connectivity index (χ2v) is 11.9. The molecule has 0 aliphatic heterocycles. The van der Waals surface area contributed by atoms with E-state index >= 15 is 0 Å². The van der Waals surface area contributed by atoms with E-state index in [1.165, 1.54) is 0 Å². The van der Waals surface area contributed by atoms with Crippen LogP contribution in [0, 0.1) is 0 Å². The van der Waals surface area contributed by atoms with Crippen LogP contribution in [0.2, 0.25) is 0 Å². The van der Waals surface area contributed by atoms with Gasteiger partial charge in [-0.3, -0.25) is 0 Å². The highest BCUT2D eigenvalue weighted by Gasteiger charge is 2.12. The Morgan fingerprint density at radius 3 is 0.688 bits per heavy atom. The van der Waals surface area contributed by atoms with Gasteiger partial charge in [0, 0.05) is 22.3 Å². The highest BCUT2D eigenvalue weighted by atomic mass is 14.7. The molecule has 2 nitrogen and oxygen atoms in total. The Kier molecular flexibility index (Phi) is 7.96. The van der Waals surface area contributed by atoms with Crippen LogP contribution in [0.1, 0.15) is 0 Å². The lowest BCUT2D eigenvalue weighted by Gasteiger charge is -2.13. The van der Waals surface area contributed by atoms with Gasteiger partial charge in [0.1, 0.15) is 0 Å². The highest BCUT2D eigenvalue weighted by Crippen LogP contribution is 2.35. The van der Waals surface area contributed by atoms with E-state index in [4.69, 9.17) is 9.97 Å². The van der Waals surface area contributed by atoms with Gasteiger partial charge in [0.15, 0.2) is 0 Å². The van der Waals surface area contributed by atoms with Crippen LogP contribution in [0.4, 0.5) is 0 Å². The van der Waals surface area contributed by atoms with Crippen LogP contribution in [0.15, 0.2) is 194 Å². The number of benzene rings is 6. The lowest BCUT2D eigenvalue weighted by Crippen LogP contribution is -1.92. The third-order valence-corrected chi connectivity index (χ3v) is 8.65. The molecule has 0 bridgehead atoms. The molecule has 2 heterocycles. The average Bonchev–Trinajstić information content (AvgIpc) is 3.19. The van der Waals surface area contributed by atoms with Crippen LogP contribution in [-0.2, 0) is 0 Å². The van der Waals surface area contributed by atoms with Crippen molar-refractivity contribution in [3.63, 3.8) is 0 Å². The zero-order chi connectivity index (χ0) is 32.1. The van der Waals surface area contributed by atoms with E-state index in [0.29, 0.717) is 0 Å². The molecule has 0 radical (unpaired) electrons. The standard InChI is InChI=1S/C46H32N2/c1-5-15-33(16-6-1)43-29-41(30-44(47-43)34-17-7-2-8-18-34)39-25-13-23-37(27-39)38-24-14-26-40(28-38)42-31-45(35-19-9-3-10-20-35)48-46(32-42)36-21-11-4-12-22-36/h1-32H. The fourth-order valence-corrected chi connectivity index (χ4v) is 6.18. The van der Waals surface area contributed by atoms with E-state index in [1.807, 2.05) is 24.3 Å². The van der Waals surface area contributed by atoms with Crippen molar-refractivity contribution in [1.82, 2.24) is 9.97 Å². The molecule has 6 aromatic carbocycles. The molecular weight excluding hydrogens is 581 g/mol. The summed E-state index contributed by atoms with van der Waals surface area (Å²) in [5.74, 6) is 0. The quantitative estimate of drug-likeness (QED) is 0.179. The van der Waals surface area contributed by atoms with Crippen molar-refractivity contribution in [2.75, 3.05) is 0 Å². The van der Waals surface area contributed by atoms with E-state index in [2.05, 4.69) is 170 Å². The molecule has 0 N–H and O–H groups in total. The highest BCUT2D eigenvalue weighted by molar-refractivity contribution is 5.82. The molecule has 8 aromatic rings. The largest absolute Gasteiger partial charge is 0.248 e. The first-order valence-electron chi connectivity index (χ1n) is 16.2. The van der Waals surface area contributed by atoms with Crippen LogP contribution in [0.25, 0.3) is 78.4 Å². The average molecular weight is 613 g/mol. The maximum Gasteiger partial charge on any atom is 0.0715 e. The molecule has 0 atom stereocenters. The van der Waals surface area contributed by atoms with Gasteiger partial charge >= 0.3 is 0 Å². The van der Waals surface area contributed by atoms with Crippen molar-refractivity contribution < 1.29 is 0 Å². The number of aromatic nitrogens is 2. The lowest BCUT2D eigenvalue weighted by atomic mass is 9.94. The Bertz CT molecular complexity index is 2030. The van der Waals surface area contributed by atoms with Crippen LogP contribution < -0.4 is 0 Å². The predicted octanol–water partition coefficient (Wildman–Crippen LogP) is 12.1. The molecule has 0 spiro atoms. The molecule has 0 unspecified atom stereocenters. The molecule has 2 heteroatoms. The van der Waals surface area contributed by atoms with Gasteiger partial charge in [0.05, 0.1) is 22.8 Å². The molecule has 0 aliphatic carbocycles. The lowest BCUT2D eigenvalue weighted by molar-refractivity contribution is 1.32. The van der Waals surface area contributed by atoms with E-state index in [-0.39, 0.29) is 0 Å². The molecule has 48 heavy (non-hydrogen) atoms. The maximum atomic E-state index is 5.08. The maximum absolute atomic E-state index is 5.08. The van der Waals surface area contributed by atoms with Gasteiger partial charge in [-0.25, -0.2) is 9.97 Å². The van der Waals surface area contributed by atoms with Crippen molar-refractivity contribution in [1.29, 1.82) is 0 Å². The van der Waals surface area contributed by atoms with Crippen molar-refractivity contribution in [3.8, 4) is 78.4 Å². The SMILES string of the molecule is c1ccc(-c2cc(-c3cccc(-c4cccc(-c5cc(-c6ccccc6)nc(-c6ccccc6)c5)c4)c3)cc(-c3ccccc3)n2)cc1. The first-order valence-corrected chi connectivity index (χ1v) is 16.2. The molecular formula is C46H32N2. The number of nitrogens with zero attached hydrogens (tertiary/aromatic N) is 2. The van der Waals surface area contributed by atoms with Crippen molar-refractivity contribution in [3.05, 3.63) is 194 Å². The minimum absolute atomic E-state index is 0.959. The summed E-state index contributed by atoms with van der Waals surface area (Å²) < 4.78 is 0. The van der Waals surface area contributed by atoms with E-state index in [1.54, 1.807) is 0 Å². The summed E-state index contributed by atoms with van der Waals surface area (Å²) in [4.78, 5) is 10.2. The van der Waals surface area contributed by atoms with E-state index in [9.17, 15) is 0 Å². The summed E-state index contributed by atoms with van der Waals surface area (Å²) in [6.45, 7) is 0. The van der Waals surface area contributed by atoms with Gasteiger partial charge in [-0.05, 0) is 69.8 Å². The first-order chi connectivity index (χ1) is 23.8. The van der Waals surface area contributed by atoms with Crippen LogP contribution in [-0.4, -0.2) is 9.97 Å². The number of hydrogen-bond donors (Lipinski definition) is 0. The van der Waals surface area contributed by atoms with Gasteiger partial charge in [0.2, 0.25) is 0 Å². The Labute approximate surface area is 281 Å². The van der Waals surface area contributed by atoms with Gasteiger partial charge in [-0.2, -0.15) is 0 Å². The van der Waals surface area contributed by atoms with Gasteiger partial charge in [0.25, 0.3) is 0 Å². The molecule has 0 saturated carbocycles. The number of pyridine rings is 2. The first kappa shape index (κ1) is 29.1. The second kappa shape index (κ2) is 13.2. The molecule has 0 saturated heterocycles. The second-order valence-electron chi connectivity index (χ2n) is 11.9. The molecule has 0 aliphatic rings. The molecule has 0 amide bonds. The van der Waals surface area contributed by atoms with Gasteiger partial charge in [-0.15, -0.1) is 0 Å². The molecule has 8 rings (SSSR count). The van der Waals surface area contributed by atoms with Crippen molar-refractivity contribution in [2.45, 2.75) is 0 Å². The minimum Gasteiger partial charge on any atom is -0.248 e. The Morgan fingerprint density at radius 2 is 0.417 bits per heavy atom. The Balaban J connectivity index is 1.21. The number of hydrogen-bond acceptors (Lipinski definition) is 2. The van der Waals surface area contributed by atoms with Crippen LogP contribution in [0.5, 0.6) is 0 Å². The topological polar surface area (TPSA) is 25.8 Å². The third kappa shape index (κ3) is 6.20. The number of rotatable bonds is 7. The summed E-state index contributed by atoms with van der Waals surface area (Å²) in [5.41, 5.74) is 15.1.